The maximum atomic E-state index is 12.6. The predicted molar refractivity (Wildman–Crippen MR) is 55.6 cm³/mol. The van der Waals surface area contributed by atoms with E-state index < -0.39 is 17.5 Å². The van der Waals surface area contributed by atoms with Gasteiger partial charge in [0.2, 0.25) is 0 Å². The molecule has 1 aliphatic rings. The molecule has 1 rings (SSSR count). The smallest absolute Gasteiger partial charge is 0.171 e. The summed E-state index contributed by atoms with van der Waals surface area (Å²) in [5.74, 6) is -0.799. The minimum Gasteiger partial charge on any atom is -0.171 e. The summed E-state index contributed by atoms with van der Waals surface area (Å²) >= 11 is 0. The third-order valence-corrected chi connectivity index (χ3v) is 4.02. The summed E-state index contributed by atoms with van der Waals surface area (Å²) in [6.07, 6.45) is 0.673. The van der Waals surface area contributed by atoms with Crippen LogP contribution in [0.4, 0.5) is 13.2 Å². The Morgan fingerprint density at radius 3 is 2.20 bits per heavy atom. The zero-order valence-electron chi connectivity index (χ0n) is 9.82. The molecule has 2 atom stereocenters. The number of hydrogen-bond donors (Lipinski definition) is 0. The van der Waals surface area contributed by atoms with Gasteiger partial charge >= 0.3 is 6.18 Å². The van der Waals surface area contributed by atoms with Gasteiger partial charge < -0.3 is 0 Å². The molecule has 0 bridgehead atoms. The fraction of sp³-hybridized carbons (Fsp3) is 1.00. The molecular formula is C12H21F3. The summed E-state index contributed by atoms with van der Waals surface area (Å²) in [6.45, 7) is 5.65. The molecule has 90 valence electrons. The Balaban J connectivity index is 2.42. The molecule has 0 aromatic heterocycles. The lowest BCUT2D eigenvalue weighted by molar-refractivity contribution is -0.254. The zero-order valence-corrected chi connectivity index (χ0v) is 9.82. The molecular weight excluding hydrogens is 201 g/mol. The van der Waals surface area contributed by atoms with Crippen LogP contribution in [-0.4, -0.2) is 6.18 Å². The van der Waals surface area contributed by atoms with Gasteiger partial charge in [0.05, 0.1) is 5.92 Å². The van der Waals surface area contributed by atoms with E-state index in [1.807, 2.05) is 0 Å². The van der Waals surface area contributed by atoms with Crippen molar-refractivity contribution in [2.45, 2.75) is 59.1 Å². The predicted octanol–water partition coefficient (Wildman–Crippen LogP) is 4.79. The second kappa shape index (κ2) is 4.34. The topological polar surface area (TPSA) is 0 Å². The van der Waals surface area contributed by atoms with E-state index in [2.05, 4.69) is 6.92 Å². The maximum absolute atomic E-state index is 12.6. The molecule has 0 spiro atoms. The summed E-state index contributed by atoms with van der Waals surface area (Å²) in [6, 6.07) is 0. The molecule has 0 heterocycles. The summed E-state index contributed by atoms with van der Waals surface area (Å²) in [7, 11) is 0. The van der Waals surface area contributed by atoms with Gasteiger partial charge in [0.15, 0.2) is 0 Å². The average molecular weight is 222 g/mol. The molecule has 0 nitrogen and oxygen atoms in total. The van der Waals surface area contributed by atoms with E-state index in [9.17, 15) is 13.2 Å². The number of halogens is 3. The first kappa shape index (κ1) is 12.9. The normalized spacial score (nSPS) is 30.0. The highest BCUT2D eigenvalue weighted by Crippen LogP contribution is 2.59. The second-order valence-corrected chi connectivity index (χ2v) is 5.34. The van der Waals surface area contributed by atoms with Crippen molar-refractivity contribution in [3.05, 3.63) is 0 Å². The lowest BCUT2D eigenvalue weighted by atomic mass is 9.53. The van der Waals surface area contributed by atoms with Crippen LogP contribution < -0.4 is 0 Å². The first-order chi connectivity index (χ1) is 6.80. The van der Waals surface area contributed by atoms with Crippen molar-refractivity contribution in [1.82, 2.24) is 0 Å². The molecule has 15 heavy (non-hydrogen) atoms. The van der Waals surface area contributed by atoms with Crippen molar-refractivity contribution >= 4 is 0 Å². The van der Waals surface area contributed by atoms with Crippen LogP contribution in [0.5, 0.6) is 0 Å². The van der Waals surface area contributed by atoms with E-state index in [0.29, 0.717) is 6.42 Å². The van der Waals surface area contributed by atoms with E-state index in [4.69, 9.17) is 0 Å². The molecule has 1 fully saturated rings. The van der Waals surface area contributed by atoms with Gasteiger partial charge in [-0.1, -0.05) is 40.0 Å². The zero-order chi connectivity index (χ0) is 11.7. The van der Waals surface area contributed by atoms with Crippen LogP contribution in [0.1, 0.15) is 52.9 Å². The van der Waals surface area contributed by atoms with Gasteiger partial charge in [-0.2, -0.15) is 13.2 Å². The third-order valence-electron chi connectivity index (χ3n) is 4.02. The van der Waals surface area contributed by atoms with Crippen LogP contribution in [0.25, 0.3) is 0 Å². The Kier molecular flexibility index (Phi) is 3.72. The fourth-order valence-corrected chi connectivity index (χ4v) is 2.70. The lowest BCUT2D eigenvalue weighted by Gasteiger charge is -2.53. The average Bonchev–Trinajstić information content (AvgIpc) is 2.07. The number of rotatable bonds is 4. The Labute approximate surface area is 90.2 Å². The van der Waals surface area contributed by atoms with Gasteiger partial charge in [-0.3, -0.25) is 0 Å². The number of unbranched alkanes of at least 4 members (excludes halogenated alkanes) is 2. The van der Waals surface area contributed by atoms with Crippen LogP contribution in [0.15, 0.2) is 0 Å². The molecule has 0 radical (unpaired) electrons. The second-order valence-electron chi connectivity index (χ2n) is 5.34. The van der Waals surface area contributed by atoms with Crippen molar-refractivity contribution in [1.29, 1.82) is 0 Å². The monoisotopic (exact) mass is 222 g/mol. The van der Waals surface area contributed by atoms with Gasteiger partial charge in [-0.15, -0.1) is 0 Å². The SMILES string of the molecule is CCCCCC1CC(C(F)(F)F)C1(C)C. The minimum atomic E-state index is -4.00. The Bertz CT molecular complexity index is 205. The van der Waals surface area contributed by atoms with Crippen LogP contribution >= 0.6 is 0 Å². The lowest BCUT2D eigenvalue weighted by Crippen LogP contribution is -2.51. The number of hydrogen-bond acceptors (Lipinski definition) is 0. The van der Waals surface area contributed by atoms with Crippen molar-refractivity contribution < 1.29 is 13.2 Å². The van der Waals surface area contributed by atoms with E-state index in [-0.39, 0.29) is 5.92 Å². The van der Waals surface area contributed by atoms with Crippen LogP contribution in [0.3, 0.4) is 0 Å². The minimum absolute atomic E-state index is 0.274. The van der Waals surface area contributed by atoms with Crippen molar-refractivity contribution in [2.24, 2.45) is 17.3 Å². The third kappa shape index (κ3) is 2.67. The van der Waals surface area contributed by atoms with Gasteiger partial charge in [-0.05, 0) is 24.2 Å². The summed E-state index contributed by atoms with van der Waals surface area (Å²) in [4.78, 5) is 0. The van der Waals surface area contributed by atoms with Gasteiger partial charge in [0.1, 0.15) is 0 Å². The van der Waals surface area contributed by atoms with E-state index in [1.54, 1.807) is 13.8 Å². The summed E-state index contributed by atoms with van der Waals surface area (Å²) in [5, 5.41) is 0. The quantitative estimate of drug-likeness (QED) is 0.600. The molecule has 3 heteroatoms. The Morgan fingerprint density at radius 1 is 1.20 bits per heavy atom. The molecule has 0 aromatic carbocycles. The van der Waals surface area contributed by atoms with Crippen molar-refractivity contribution in [3.63, 3.8) is 0 Å². The fourth-order valence-electron chi connectivity index (χ4n) is 2.70. The van der Waals surface area contributed by atoms with Crippen LogP contribution in [0, 0.1) is 17.3 Å². The highest BCUT2D eigenvalue weighted by atomic mass is 19.4. The maximum Gasteiger partial charge on any atom is 0.392 e. The molecule has 1 aliphatic carbocycles. The van der Waals surface area contributed by atoms with Crippen LogP contribution in [-0.2, 0) is 0 Å². The summed E-state index contributed by atoms with van der Waals surface area (Å²) < 4.78 is 37.7. The van der Waals surface area contributed by atoms with Gasteiger partial charge in [0.25, 0.3) is 0 Å². The molecule has 1 saturated carbocycles. The molecule has 0 saturated heterocycles. The Hall–Kier alpha value is -0.210. The van der Waals surface area contributed by atoms with Crippen LogP contribution in [0.2, 0.25) is 0 Å². The molecule has 0 aromatic rings. The highest BCUT2D eigenvalue weighted by Gasteiger charge is 2.59. The van der Waals surface area contributed by atoms with Gasteiger partial charge in [-0.25, -0.2) is 0 Å². The number of alkyl halides is 3. The Morgan fingerprint density at radius 2 is 1.80 bits per heavy atom. The molecule has 0 amide bonds. The first-order valence-electron chi connectivity index (χ1n) is 5.86. The summed E-state index contributed by atoms with van der Waals surface area (Å²) in [5.41, 5.74) is -0.536. The van der Waals surface area contributed by atoms with Crippen molar-refractivity contribution in [3.8, 4) is 0 Å². The van der Waals surface area contributed by atoms with E-state index >= 15 is 0 Å². The van der Waals surface area contributed by atoms with E-state index in [1.165, 1.54) is 0 Å². The van der Waals surface area contributed by atoms with Gasteiger partial charge in [0, 0.05) is 0 Å². The van der Waals surface area contributed by atoms with E-state index in [0.717, 1.165) is 25.7 Å². The van der Waals surface area contributed by atoms with Crippen molar-refractivity contribution in [2.75, 3.05) is 0 Å². The molecule has 2 unspecified atom stereocenters. The first-order valence-corrected chi connectivity index (χ1v) is 5.86. The largest absolute Gasteiger partial charge is 0.392 e. The molecule has 0 N–H and O–H groups in total. The highest BCUT2D eigenvalue weighted by molar-refractivity contribution is 4.99. The standard InChI is InChI=1S/C12H21F3/c1-4-5-6-7-9-8-10(11(9,2)3)12(13,14)15/h9-10H,4-8H2,1-3H3. The molecule has 0 aliphatic heterocycles.